The summed E-state index contributed by atoms with van der Waals surface area (Å²) in [5.74, 6) is 0. The molecule has 0 fully saturated rings. The molecule has 0 radical (unpaired) electrons. The molecule has 6 heteroatoms. The Hall–Kier alpha value is -1.04. The van der Waals surface area contributed by atoms with Gasteiger partial charge in [-0.2, -0.15) is 0 Å². The number of rotatable bonds is 0. The van der Waals surface area contributed by atoms with Gasteiger partial charge in [-0.1, -0.05) is 0 Å². The third-order valence-corrected chi connectivity index (χ3v) is 0.789. The van der Waals surface area contributed by atoms with Gasteiger partial charge in [0.05, 0.1) is 0 Å². The minimum atomic E-state index is -0.615. The second-order valence-corrected chi connectivity index (χ2v) is 3.56. The number of hydrogen-bond donors (Lipinski definition) is 3. The Morgan fingerprint density at radius 1 is 1.42 bits per heavy atom. The molecule has 0 rings (SSSR count). The van der Waals surface area contributed by atoms with Crippen LogP contribution < -0.4 is 16.6 Å². The lowest BCUT2D eigenvalue weighted by Crippen LogP contribution is -2.46. The average molecular weight is 191 g/mol. The molecule has 70 valence electrons. The van der Waals surface area contributed by atoms with Gasteiger partial charge in [-0.25, -0.2) is 10.2 Å². The van der Waals surface area contributed by atoms with E-state index in [1.54, 1.807) is 20.8 Å². The normalized spacial score (nSPS) is 10.2. The predicted molar refractivity (Wildman–Crippen MR) is 49.3 cm³/mol. The van der Waals surface area contributed by atoms with Gasteiger partial charge in [-0.05, 0) is 33.0 Å². The first-order valence-corrected chi connectivity index (χ1v) is 3.76. The van der Waals surface area contributed by atoms with Crippen molar-refractivity contribution < 1.29 is 9.53 Å². The van der Waals surface area contributed by atoms with E-state index < -0.39 is 11.7 Å². The number of nitrogens with one attached hydrogen (secondary N) is 2. The van der Waals surface area contributed by atoms with Gasteiger partial charge in [-0.3, -0.25) is 5.43 Å². The van der Waals surface area contributed by atoms with E-state index in [9.17, 15) is 4.79 Å². The van der Waals surface area contributed by atoms with Crippen molar-refractivity contribution in [3.05, 3.63) is 0 Å². The van der Waals surface area contributed by atoms with Crippen LogP contribution in [0.15, 0.2) is 0 Å². The molecule has 0 aromatic rings. The molecule has 0 aromatic heterocycles. The number of hydrazine groups is 1. The topological polar surface area (TPSA) is 76.4 Å². The van der Waals surface area contributed by atoms with E-state index in [0.29, 0.717) is 0 Å². The van der Waals surface area contributed by atoms with Crippen LogP contribution in [0.5, 0.6) is 0 Å². The Bertz CT molecular complexity index is 188. The molecule has 0 aromatic carbocycles. The lowest BCUT2D eigenvalue weighted by molar-refractivity contribution is 0.0513. The molecule has 0 spiro atoms. The van der Waals surface area contributed by atoms with Crippen LogP contribution in [-0.2, 0) is 4.74 Å². The van der Waals surface area contributed by atoms with E-state index in [-0.39, 0.29) is 5.11 Å². The Labute approximate surface area is 76.6 Å². The fourth-order valence-electron chi connectivity index (χ4n) is 0.416. The van der Waals surface area contributed by atoms with E-state index in [0.717, 1.165) is 0 Å². The predicted octanol–water partition coefficient (Wildman–Crippen LogP) is 0.259. The summed E-state index contributed by atoms with van der Waals surface area (Å²) in [5.41, 5.74) is 8.94. The molecule has 1 amide bonds. The van der Waals surface area contributed by atoms with Gasteiger partial charge in [0.1, 0.15) is 5.60 Å². The number of amides is 1. The summed E-state index contributed by atoms with van der Waals surface area (Å²) < 4.78 is 4.86. The smallest absolute Gasteiger partial charge is 0.426 e. The second-order valence-electron chi connectivity index (χ2n) is 3.12. The zero-order chi connectivity index (χ0) is 9.78. The molecular weight excluding hydrogens is 178 g/mol. The molecule has 4 N–H and O–H groups in total. The summed E-state index contributed by atoms with van der Waals surface area (Å²) in [4.78, 5) is 10.9. The fourth-order valence-corrected chi connectivity index (χ4v) is 0.467. The van der Waals surface area contributed by atoms with Crippen LogP contribution in [-0.4, -0.2) is 16.8 Å². The van der Waals surface area contributed by atoms with Crippen molar-refractivity contribution in [1.82, 2.24) is 10.9 Å². The van der Waals surface area contributed by atoms with Crippen molar-refractivity contribution >= 4 is 23.4 Å². The highest BCUT2D eigenvalue weighted by Crippen LogP contribution is 2.05. The molecule has 0 heterocycles. The Morgan fingerprint density at radius 3 is 2.25 bits per heavy atom. The van der Waals surface area contributed by atoms with Gasteiger partial charge in [0, 0.05) is 0 Å². The minimum Gasteiger partial charge on any atom is -0.443 e. The third-order valence-electron chi connectivity index (χ3n) is 0.687. The van der Waals surface area contributed by atoms with Gasteiger partial charge in [0.15, 0.2) is 5.11 Å². The molecule has 5 nitrogen and oxygen atoms in total. The van der Waals surface area contributed by atoms with Crippen molar-refractivity contribution in [2.45, 2.75) is 26.4 Å². The maximum absolute atomic E-state index is 10.9. The Kier molecular flexibility index (Phi) is 3.75. The maximum atomic E-state index is 10.9. The number of thiocarbonyl (C=S) groups is 1. The van der Waals surface area contributed by atoms with Gasteiger partial charge in [-0.15, -0.1) is 0 Å². The monoisotopic (exact) mass is 191 g/mol. The lowest BCUT2D eigenvalue weighted by atomic mass is 10.2. The van der Waals surface area contributed by atoms with Crippen LogP contribution >= 0.6 is 12.2 Å². The highest BCUT2D eigenvalue weighted by Gasteiger charge is 2.15. The number of carbonyl (C=O) groups excluding carboxylic acids is 1. The van der Waals surface area contributed by atoms with Gasteiger partial charge >= 0.3 is 6.09 Å². The molecule has 0 saturated carbocycles. The molecule has 12 heavy (non-hydrogen) atoms. The SMILES string of the molecule is CC(C)(C)OC(=O)NNC(N)=S. The molecule has 0 aliphatic carbocycles. The highest BCUT2D eigenvalue weighted by molar-refractivity contribution is 7.80. The lowest BCUT2D eigenvalue weighted by Gasteiger charge is -2.19. The van der Waals surface area contributed by atoms with E-state index in [4.69, 9.17) is 10.5 Å². The van der Waals surface area contributed by atoms with Crippen LogP contribution in [0.25, 0.3) is 0 Å². The number of ether oxygens (including phenoxy) is 1. The summed E-state index contributed by atoms with van der Waals surface area (Å²) in [6.45, 7) is 5.27. The fraction of sp³-hybridized carbons (Fsp3) is 0.667. The number of nitrogens with two attached hydrogens (primary N) is 1. The van der Waals surface area contributed by atoms with Crippen LogP contribution in [0.4, 0.5) is 4.79 Å². The minimum absolute atomic E-state index is 0.0131. The first-order chi connectivity index (χ1) is 5.31. The molecule has 0 saturated heterocycles. The largest absolute Gasteiger partial charge is 0.443 e. The summed E-state index contributed by atoms with van der Waals surface area (Å²) in [7, 11) is 0. The molecule has 0 aliphatic rings. The van der Waals surface area contributed by atoms with E-state index in [1.807, 2.05) is 0 Å². The zero-order valence-electron chi connectivity index (χ0n) is 7.30. The van der Waals surface area contributed by atoms with Crippen molar-refractivity contribution in [3.8, 4) is 0 Å². The molecule has 0 atom stereocenters. The van der Waals surface area contributed by atoms with E-state index >= 15 is 0 Å². The van der Waals surface area contributed by atoms with E-state index in [1.165, 1.54) is 0 Å². The van der Waals surface area contributed by atoms with Crippen LogP contribution in [0, 0.1) is 0 Å². The van der Waals surface area contributed by atoms with Crippen molar-refractivity contribution in [3.63, 3.8) is 0 Å². The van der Waals surface area contributed by atoms with Crippen LogP contribution in [0.3, 0.4) is 0 Å². The summed E-state index contributed by atoms with van der Waals surface area (Å²) in [5, 5.41) is -0.0131. The maximum Gasteiger partial charge on any atom is 0.426 e. The summed E-state index contributed by atoms with van der Waals surface area (Å²) >= 11 is 4.45. The molecule has 0 aliphatic heterocycles. The van der Waals surface area contributed by atoms with Crippen molar-refractivity contribution in [2.24, 2.45) is 5.73 Å². The number of hydrogen-bond acceptors (Lipinski definition) is 3. The second kappa shape index (κ2) is 4.10. The van der Waals surface area contributed by atoms with Gasteiger partial charge in [0.25, 0.3) is 0 Å². The third kappa shape index (κ3) is 7.07. The van der Waals surface area contributed by atoms with Crippen molar-refractivity contribution in [2.75, 3.05) is 0 Å². The Balaban J connectivity index is 3.68. The van der Waals surface area contributed by atoms with Crippen LogP contribution in [0.2, 0.25) is 0 Å². The first-order valence-electron chi connectivity index (χ1n) is 3.36. The standard InChI is InChI=1S/C6H13N3O2S/c1-6(2,3)11-5(10)9-8-4(7)12/h1-3H3,(H,9,10)(H3,7,8,12). The van der Waals surface area contributed by atoms with E-state index in [2.05, 4.69) is 23.1 Å². The first kappa shape index (κ1) is 11.0. The quantitative estimate of drug-likeness (QED) is 0.378. The Morgan fingerprint density at radius 2 is 1.92 bits per heavy atom. The van der Waals surface area contributed by atoms with Gasteiger partial charge < -0.3 is 10.5 Å². The van der Waals surface area contributed by atoms with Gasteiger partial charge in [0.2, 0.25) is 0 Å². The summed E-state index contributed by atoms with van der Waals surface area (Å²) in [6.07, 6.45) is -0.615. The molecule has 0 unspecified atom stereocenters. The number of carbonyl (C=O) groups is 1. The molecule has 0 bridgehead atoms. The van der Waals surface area contributed by atoms with Crippen molar-refractivity contribution in [1.29, 1.82) is 0 Å². The zero-order valence-corrected chi connectivity index (χ0v) is 8.12. The molecular formula is C6H13N3O2S. The van der Waals surface area contributed by atoms with Crippen LogP contribution in [0.1, 0.15) is 20.8 Å². The average Bonchev–Trinajstić information content (AvgIpc) is 1.79. The summed E-state index contributed by atoms with van der Waals surface area (Å²) in [6, 6.07) is 0. The highest BCUT2D eigenvalue weighted by atomic mass is 32.1.